The van der Waals surface area contributed by atoms with Crippen molar-refractivity contribution < 1.29 is 14.0 Å². The molecule has 21 heavy (non-hydrogen) atoms. The summed E-state index contributed by atoms with van der Waals surface area (Å²) in [5.74, 6) is -0.878. The molecule has 0 fully saturated rings. The number of nitrogens with one attached hydrogen (secondary N) is 2. The molecule has 4 nitrogen and oxygen atoms in total. The molecule has 0 saturated heterocycles. The van der Waals surface area contributed by atoms with Gasteiger partial charge in [-0.2, -0.15) is 0 Å². The van der Waals surface area contributed by atoms with Gasteiger partial charge in [0.2, 0.25) is 5.91 Å². The molecule has 0 atom stereocenters. The van der Waals surface area contributed by atoms with Crippen LogP contribution in [0.25, 0.3) is 0 Å². The number of aryl methyl sites for hydroxylation is 1. The Morgan fingerprint density at radius 1 is 1.05 bits per heavy atom. The van der Waals surface area contributed by atoms with E-state index in [2.05, 4.69) is 10.6 Å². The van der Waals surface area contributed by atoms with Crippen molar-refractivity contribution in [2.24, 2.45) is 0 Å². The topological polar surface area (TPSA) is 58.2 Å². The fourth-order valence-electron chi connectivity index (χ4n) is 1.90. The summed E-state index contributed by atoms with van der Waals surface area (Å²) in [4.78, 5) is 23.2. The van der Waals surface area contributed by atoms with Gasteiger partial charge in [0.25, 0.3) is 5.91 Å². The SMILES string of the molecule is CC(=O)Nc1cccc(C(=O)Nc2ccc(F)cc2C)c1. The molecule has 2 amide bonds. The van der Waals surface area contributed by atoms with Crippen LogP contribution in [0.3, 0.4) is 0 Å². The Kier molecular flexibility index (Phi) is 4.33. The van der Waals surface area contributed by atoms with Gasteiger partial charge in [-0.25, -0.2) is 4.39 Å². The van der Waals surface area contributed by atoms with E-state index >= 15 is 0 Å². The minimum absolute atomic E-state index is 0.207. The van der Waals surface area contributed by atoms with Crippen LogP contribution in [0.5, 0.6) is 0 Å². The van der Waals surface area contributed by atoms with Crippen molar-refractivity contribution in [3.63, 3.8) is 0 Å². The average Bonchev–Trinajstić information content (AvgIpc) is 2.41. The number of carbonyl (C=O) groups excluding carboxylic acids is 2. The summed E-state index contributed by atoms with van der Waals surface area (Å²) in [6.45, 7) is 3.11. The van der Waals surface area contributed by atoms with Gasteiger partial charge >= 0.3 is 0 Å². The van der Waals surface area contributed by atoms with Crippen LogP contribution in [0.15, 0.2) is 42.5 Å². The van der Waals surface area contributed by atoms with Crippen LogP contribution in [0.4, 0.5) is 15.8 Å². The molecule has 0 aliphatic carbocycles. The van der Waals surface area contributed by atoms with Crippen LogP contribution in [0.1, 0.15) is 22.8 Å². The van der Waals surface area contributed by atoms with Gasteiger partial charge in [0.15, 0.2) is 0 Å². The summed E-state index contributed by atoms with van der Waals surface area (Å²) in [5, 5.41) is 5.33. The number of benzene rings is 2. The van der Waals surface area contributed by atoms with Gasteiger partial charge < -0.3 is 10.6 Å². The van der Waals surface area contributed by atoms with Gasteiger partial charge in [0.05, 0.1) is 0 Å². The Hall–Kier alpha value is -2.69. The summed E-state index contributed by atoms with van der Waals surface area (Å²) < 4.78 is 13.0. The summed E-state index contributed by atoms with van der Waals surface area (Å²) in [7, 11) is 0. The normalized spacial score (nSPS) is 10.0. The molecule has 0 aromatic heterocycles. The Labute approximate surface area is 122 Å². The highest BCUT2D eigenvalue weighted by Crippen LogP contribution is 2.18. The maximum Gasteiger partial charge on any atom is 0.255 e. The quantitative estimate of drug-likeness (QED) is 0.909. The number of hydrogen-bond acceptors (Lipinski definition) is 2. The summed E-state index contributed by atoms with van der Waals surface area (Å²) in [6.07, 6.45) is 0. The molecule has 0 saturated carbocycles. The van der Waals surface area contributed by atoms with E-state index in [0.717, 1.165) is 0 Å². The van der Waals surface area contributed by atoms with Crippen molar-refractivity contribution in [1.82, 2.24) is 0 Å². The lowest BCUT2D eigenvalue weighted by atomic mass is 10.1. The Morgan fingerprint density at radius 2 is 1.81 bits per heavy atom. The van der Waals surface area contributed by atoms with Crippen molar-refractivity contribution >= 4 is 23.2 Å². The van der Waals surface area contributed by atoms with E-state index in [1.165, 1.54) is 25.1 Å². The van der Waals surface area contributed by atoms with E-state index in [0.29, 0.717) is 22.5 Å². The maximum atomic E-state index is 13.0. The molecule has 2 rings (SSSR count). The standard InChI is InChI=1S/C16H15FN2O2/c1-10-8-13(17)6-7-15(10)19-16(21)12-4-3-5-14(9-12)18-11(2)20/h3-9H,1-2H3,(H,18,20)(H,19,21). The number of amides is 2. The van der Waals surface area contributed by atoms with Crippen molar-refractivity contribution in [2.75, 3.05) is 10.6 Å². The third kappa shape index (κ3) is 3.89. The van der Waals surface area contributed by atoms with E-state index in [-0.39, 0.29) is 17.6 Å². The van der Waals surface area contributed by atoms with Crippen LogP contribution in [0.2, 0.25) is 0 Å². The van der Waals surface area contributed by atoms with E-state index in [1.807, 2.05) is 0 Å². The summed E-state index contributed by atoms with van der Waals surface area (Å²) >= 11 is 0. The first-order chi connectivity index (χ1) is 9.95. The predicted octanol–water partition coefficient (Wildman–Crippen LogP) is 3.34. The lowest BCUT2D eigenvalue weighted by Gasteiger charge is -2.09. The minimum Gasteiger partial charge on any atom is -0.326 e. The molecule has 108 valence electrons. The largest absolute Gasteiger partial charge is 0.326 e. The van der Waals surface area contributed by atoms with E-state index in [9.17, 15) is 14.0 Å². The number of hydrogen-bond donors (Lipinski definition) is 2. The minimum atomic E-state index is -0.349. The third-order valence-corrected chi connectivity index (χ3v) is 2.88. The molecule has 5 heteroatoms. The third-order valence-electron chi connectivity index (χ3n) is 2.88. The van der Waals surface area contributed by atoms with E-state index in [4.69, 9.17) is 0 Å². The van der Waals surface area contributed by atoms with Crippen LogP contribution in [0, 0.1) is 12.7 Å². The molecule has 2 aromatic carbocycles. The zero-order chi connectivity index (χ0) is 15.4. The highest BCUT2D eigenvalue weighted by atomic mass is 19.1. The maximum absolute atomic E-state index is 13.0. The van der Waals surface area contributed by atoms with Crippen LogP contribution < -0.4 is 10.6 Å². The van der Waals surface area contributed by atoms with Gasteiger partial charge in [-0.3, -0.25) is 9.59 Å². The first kappa shape index (κ1) is 14.7. The zero-order valence-electron chi connectivity index (χ0n) is 11.7. The number of rotatable bonds is 3. The van der Waals surface area contributed by atoms with Gasteiger partial charge in [-0.15, -0.1) is 0 Å². The Balaban J connectivity index is 2.18. The predicted molar refractivity (Wildman–Crippen MR) is 79.8 cm³/mol. The Bertz CT molecular complexity index is 698. The summed E-state index contributed by atoms with van der Waals surface area (Å²) in [5.41, 5.74) is 2.14. The Morgan fingerprint density at radius 3 is 2.48 bits per heavy atom. The lowest BCUT2D eigenvalue weighted by Crippen LogP contribution is -2.14. The van der Waals surface area contributed by atoms with Gasteiger partial charge in [0.1, 0.15) is 5.82 Å². The number of halogens is 1. The molecule has 0 radical (unpaired) electrons. The molecule has 2 aromatic rings. The van der Waals surface area contributed by atoms with Gasteiger partial charge in [0, 0.05) is 23.9 Å². The molecule has 2 N–H and O–H groups in total. The zero-order valence-corrected chi connectivity index (χ0v) is 11.7. The monoisotopic (exact) mass is 286 g/mol. The van der Waals surface area contributed by atoms with Crippen molar-refractivity contribution in [3.05, 3.63) is 59.4 Å². The van der Waals surface area contributed by atoms with Crippen molar-refractivity contribution in [1.29, 1.82) is 0 Å². The average molecular weight is 286 g/mol. The molecule has 0 aliphatic rings. The van der Waals surface area contributed by atoms with Crippen molar-refractivity contribution in [2.45, 2.75) is 13.8 Å². The molecule has 0 unspecified atom stereocenters. The van der Waals surface area contributed by atoms with Crippen LogP contribution >= 0.6 is 0 Å². The lowest BCUT2D eigenvalue weighted by molar-refractivity contribution is -0.114. The second-order valence-electron chi connectivity index (χ2n) is 4.68. The highest BCUT2D eigenvalue weighted by Gasteiger charge is 2.09. The second-order valence-corrected chi connectivity index (χ2v) is 4.68. The molecular weight excluding hydrogens is 271 g/mol. The van der Waals surface area contributed by atoms with Crippen molar-refractivity contribution in [3.8, 4) is 0 Å². The molecule has 0 heterocycles. The van der Waals surface area contributed by atoms with E-state index in [1.54, 1.807) is 31.2 Å². The summed E-state index contributed by atoms with van der Waals surface area (Å²) in [6, 6.07) is 10.7. The van der Waals surface area contributed by atoms with Gasteiger partial charge in [-0.05, 0) is 48.9 Å². The number of carbonyl (C=O) groups is 2. The fourth-order valence-corrected chi connectivity index (χ4v) is 1.90. The number of anilines is 2. The van der Waals surface area contributed by atoms with E-state index < -0.39 is 0 Å². The smallest absolute Gasteiger partial charge is 0.255 e. The molecule has 0 spiro atoms. The van der Waals surface area contributed by atoms with Gasteiger partial charge in [-0.1, -0.05) is 6.07 Å². The second kappa shape index (κ2) is 6.17. The molecule has 0 aliphatic heterocycles. The van der Waals surface area contributed by atoms with Crippen LogP contribution in [-0.2, 0) is 4.79 Å². The molecular formula is C16H15FN2O2. The highest BCUT2D eigenvalue weighted by molar-refractivity contribution is 6.05. The van der Waals surface area contributed by atoms with Crippen LogP contribution in [-0.4, -0.2) is 11.8 Å². The first-order valence-corrected chi connectivity index (χ1v) is 6.41. The first-order valence-electron chi connectivity index (χ1n) is 6.41. The fraction of sp³-hybridized carbons (Fsp3) is 0.125. The molecule has 0 bridgehead atoms.